The summed E-state index contributed by atoms with van der Waals surface area (Å²) in [7, 11) is 0. The molecule has 0 saturated heterocycles. The highest BCUT2D eigenvalue weighted by Gasteiger charge is 2.52. The molecule has 3 saturated carbocycles. The Morgan fingerprint density at radius 2 is 1.50 bits per heavy atom. The third-order valence-corrected chi connectivity index (χ3v) is 7.22. The molecule has 0 heterocycles. The molecule has 0 aromatic heterocycles. The first kappa shape index (κ1) is 20.0. The van der Waals surface area contributed by atoms with Crippen molar-refractivity contribution in [2.75, 3.05) is 0 Å². The normalized spacial score (nSPS) is 46.9. The third-order valence-electron chi connectivity index (χ3n) is 7.22. The van der Waals surface area contributed by atoms with Crippen LogP contribution in [-0.4, -0.2) is 11.2 Å². The van der Waals surface area contributed by atoms with Gasteiger partial charge in [0.05, 0.1) is 6.10 Å². The van der Waals surface area contributed by atoms with Crippen LogP contribution in [0.4, 0.5) is 0 Å². The Hall–Kier alpha value is -0.0400. The zero-order valence-electron chi connectivity index (χ0n) is 16.4. The Kier molecular flexibility index (Phi) is 7.92. The van der Waals surface area contributed by atoms with Gasteiger partial charge in [0.25, 0.3) is 0 Å². The molecule has 6 unspecified atom stereocenters. The molecule has 3 aliphatic carbocycles. The molecule has 0 aromatic carbocycles. The fourth-order valence-electron chi connectivity index (χ4n) is 5.72. The van der Waals surface area contributed by atoms with Crippen LogP contribution in [0.25, 0.3) is 0 Å². The van der Waals surface area contributed by atoms with E-state index in [4.69, 9.17) is 0 Å². The Morgan fingerprint density at radius 1 is 0.864 bits per heavy atom. The summed E-state index contributed by atoms with van der Waals surface area (Å²) in [5.41, 5.74) is 0.552. The highest BCUT2D eigenvalue weighted by atomic mass is 16.3. The molecule has 0 aliphatic heterocycles. The zero-order chi connectivity index (χ0) is 16.9. The van der Waals surface area contributed by atoms with Gasteiger partial charge in [-0.25, -0.2) is 0 Å². The summed E-state index contributed by atoms with van der Waals surface area (Å²) in [6.45, 7) is 15.5. The van der Waals surface area contributed by atoms with Crippen molar-refractivity contribution in [2.45, 2.75) is 99.5 Å². The maximum atomic E-state index is 9.95. The van der Waals surface area contributed by atoms with Crippen molar-refractivity contribution in [3.8, 4) is 0 Å². The van der Waals surface area contributed by atoms with Gasteiger partial charge in [0.15, 0.2) is 0 Å². The summed E-state index contributed by atoms with van der Waals surface area (Å²) in [6, 6.07) is 0. The SMILES string of the molecule is CC.CC.CC1CCC2C(CCC3C[C@@H](O)CCC32C)C1C. The van der Waals surface area contributed by atoms with Gasteiger partial charge in [0, 0.05) is 0 Å². The van der Waals surface area contributed by atoms with E-state index in [9.17, 15) is 5.11 Å². The average molecular weight is 311 g/mol. The Morgan fingerprint density at radius 3 is 2.14 bits per heavy atom. The largest absolute Gasteiger partial charge is 0.393 e. The van der Waals surface area contributed by atoms with Crippen molar-refractivity contribution in [2.24, 2.45) is 35.0 Å². The summed E-state index contributed by atoms with van der Waals surface area (Å²) >= 11 is 0. The summed E-state index contributed by atoms with van der Waals surface area (Å²) < 4.78 is 0. The van der Waals surface area contributed by atoms with Gasteiger partial charge >= 0.3 is 0 Å². The van der Waals surface area contributed by atoms with Gasteiger partial charge in [0.1, 0.15) is 0 Å². The van der Waals surface area contributed by atoms with Gasteiger partial charge < -0.3 is 5.11 Å². The Labute approximate surface area is 140 Å². The van der Waals surface area contributed by atoms with Crippen LogP contribution < -0.4 is 0 Å². The summed E-state index contributed by atoms with van der Waals surface area (Å²) in [5, 5.41) is 9.95. The minimum absolute atomic E-state index is 0.000405. The van der Waals surface area contributed by atoms with Crippen LogP contribution in [0.3, 0.4) is 0 Å². The highest BCUT2D eigenvalue weighted by molar-refractivity contribution is 5.02. The van der Waals surface area contributed by atoms with Gasteiger partial charge in [-0.3, -0.25) is 0 Å². The molecule has 22 heavy (non-hydrogen) atoms. The first-order valence-electron chi connectivity index (χ1n) is 10.2. The number of hydrogen-bond acceptors (Lipinski definition) is 1. The molecule has 7 atom stereocenters. The van der Waals surface area contributed by atoms with E-state index in [2.05, 4.69) is 20.8 Å². The molecule has 3 fully saturated rings. The lowest BCUT2D eigenvalue weighted by Crippen LogP contribution is -2.51. The van der Waals surface area contributed by atoms with Crippen LogP contribution in [-0.2, 0) is 0 Å². The first-order chi connectivity index (χ1) is 10.5. The maximum Gasteiger partial charge on any atom is 0.0543 e. The number of hydrogen-bond donors (Lipinski definition) is 1. The van der Waals surface area contributed by atoms with Crippen LogP contribution in [0.1, 0.15) is 93.4 Å². The second-order valence-corrected chi connectivity index (χ2v) is 7.89. The predicted octanol–water partition coefficient (Wildman–Crippen LogP) is 6.30. The molecule has 3 rings (SSSR count). The Balaban J connectivity index is 0.000000561. The fraction of sp³-hybridized carbons (Fsp3) is 1.00. The first-order valence-corrected chi connectivity index (χ1v) is 10.2. The quantitative estimate of drug-likeness (QED) is 0.556. The van der Waals surface area contributed by atoms with E-state index < -0.39 is 0 Å². The van der Waals surface area contributed by atoms with E-state index in [1.165, 1.54) is 32.1 Å². The van der Waals surface area contributed by atoms with Gasteiger partial charge in [0.2, 0.25) is 0 Å². The van der Waals surface area contributed by atoms with E-state index in [1.54, 1.807) is 0 Å². The van der Waals surface area contributed by atoms with Crippen LogP contribution in [0.15, 0.2) is 0 Å². The van der Waals surface area contributed by atoms with Gasteiger partial charge in [-0.15, -0.1) is 0 Å². The minimum atomic E-state index is -0.000405. The van der Waals surface area contributed by atoms with E-state index in [0.29, 0.717) is 5.41 Å². The van der Waals surface area contributed by atoms with Crippen LogP contribution in [0.5, 0.6) is 0 Å². The van der Waals surface area contributed by atoms with Crippen LogP contribution >= 0.6 is 0 Å². The average Bonchev–Trinajstić information content (AvgIpc) is 2.55. The number of aliphatic hydroxyl groups excluding tert-OH is 1. The van der Waals surface area contributed by atoms with E-state index in [1.807, 2.05) is 27.7 Å². The fourth-order valence-corrected chi connectivity index (χ4v) is 5.72. The maximum absolute atomic E-state index is 9.95. The molecular formula is C21H42O. The van der Waals surface area contributed by atoms with Crippen LogP contribution in [0.2, 0.25) is 0 Å². The molecule has 1 N–H and O–H groups in total. The molecule has 3 aliphatic rings. The number of rotatable bonds is 0. The second kappa shape index (κ2) is 8.71. The second-order valence-electron chi connectivity index (χ2n) is 7.89. The third kappa shape index (κ3) is 3.71. The lowest BCUT2D eigenvalue weighted by Gasteiger charge is -2.58. The molecule has 1 nitrogen and oxygen atoms in total. The minimum Gasteiger partial charge on any atom is -0.393 e. The molecule has 0 aromatic rings. The Bertz CT molecular complexity index is 313. The van der Waals surface area contributed by atoms with Gasteiger partial charge in [-0.2, -0.15) is 0 Å². The monoisotopic (exact) mass is 310 g/mol. The van der Waals surface area contributed by atoms with Crippen molar-refractivity contribution in [3.63, 3.8) is 0 Å². The van der Waals surface area contributed by atoms with Crippen molar-refractivity contribution >= 4 is 0 Å². The van der Waals surface area contributed by atoms with Gasteiger partial charge in [-0.05, 0) is 73.5 Å². The molecule has 0 bridgehead atoms. The number of aliphatic hydroxyl groups is 1. The number of fused-ring (bicyclic) bond motifs is 3. The van der Waals surface area contributed by atoms with E-state index in [-0.39, 0.29) is 6.10 Å². The molecule has 1 heteroatoms. The molecular weight excluding hydrogens is 268 g/mol. The smallest absolute Gasteiger partial charge is 0.0543 e. The van der Waals surface area contributed by atoms with E-state index in [0.717, 1.165) is 42.4 Å². The van der Waals surface area contributed by atoms with Crippen molar-refractivity contribution in [1.29, 1.82) is 0 Å². The lowest BCUT2D eigenvalue weighted by atomic mass is 9.47. The summed E-state index contributed by atoms with van der Waals surface area (Å²) in [5.74, 6) is 4.59. The van der Waals surface area contributed by atoms with Crippen molar-refractivity contribution in [3.05, 3.63) is 0 Å². The zero-order valence-corrected chi connectivity index (χ0v) is 16.4. The molecule has 0 amide bonds. The lowest BCUT2D eigenvalue weighted by molar-refractivity contribution is -0.105. The van der Waals surface area contributed by atoms with Crippen molar-refractivity contribution < 1.29 is 5.11 Å². The topological polar surface area (TPSA) is 20.2 Å². The molecule has 0 spiro atoms. The summed E-state index contributed by atoms with van der Waals surface area (Å²) in [6.07, 6.45) is 9.13. The standard InChI is InChI=1S/C17H30O.2C2H6/c1-11-4-7-16-15(12(11)2)6-5-13-10-14(18)8-9-17(13,16)3;2*1-2/h11-16,18H,4-10H2,1-3H3;2*1-2H3/t11?,12?,13?,14-,15?,16?,17?;;/m0../s1. The van der Waals surface area contributed by atoms with E-state index >= 15 is 0 Å². The van der Waals surface area contributed by atoms with Gasteiger partial charge in [-0.1, -0.05) is 54.9 Å². The predicted molar refractivity (Wildman–Crippen MR) is 97.9 cm³/mol. The summed E-state index contributed by atoms with van der Waals surface area (Å²) in [4.78, 5) is 0. The molecule has 0 radical (unpaired) electrons. The molecule has 132 valence electrons. The van der Waals surface area contributed by atoms with Crippen LogP contribution in [0, 0.1) is 35.0 Å². The van der Waals surface area contributed by atoms with Crippen molar-refractivity contribution in [1.82, 2.24) is 0 Å². The highest BCUT2D eigenvalue weighted by Crippen LogP contribution is 2.60.